The quantitative estimate of drug-likeness (QED) is 0.320. The van der Waals surface area contributed by atoms with E-state index in [9.17, 15) is 0 Å². The van der Waals surface area contributed by atoms with E-state index in [0.29, 0.717) is 0 Å². The van der Waals surface area contributed by atoms with Gasteiger partial charge in [0.05, 0.1) is 0 Å². The number of rotatable bonds is 0. The van der Waals surface area contributed by atoms with Gasteiger partial charge in [-0.2, -0.15) is 0 Å². The second-order valence-electron chi connectivity index (χ2n) is 0. The number of hydrogen-bond donors (Lipinski definition) is 0. The molecule has 0 aliphatic heterocycles. The molecule has 16 heavy (non-hydrogen) atoms. The number of hydrogen-bond acceptors (Lipinski definition) is 0. The van der Waals surface area contributed by atoms with Gasteiger partial charge in [-0.15, -0.1) is 0 Å². The van der Waals surface area contributed by atoms with Gasteiger partial charge in [-0.1, -0.05) is 0 Å². The average molecular weight is 3120 g/mol. The molecule has 0 spiro atoms. The predicted octanol–water partition coefficient (Wildman–Crippen LogP) is -0.0400. The van der Waals surface area contributed by atoms with Gasteiger partial charge in [-0.25, -0.2) is 0 Å². The van der Waals surface area contributed by atoms with Crippen LogP contribution < -0.4 is 0 Å². The monoisotopic (exact) mass is 3120 g/mol. The van der Waals surface area contributed by atoms with Gasteiger partial charge in [0.25, 0.3) is 0 Å². The van der Waals surface area contributed by atoms with E-state index in [2.05, 4.69) is 0 Å². The minimum Gasteiger partial charge on any atom is 0 e. The van der Waals surface area contributed by atoms with Crippen LogP contribution in [0.15, 0.2) is 0 Å². The van der Waals surface area contributed by atoms with Crippen LogP contribution in [0, 0.1) is 0 Å². The summed E-state index contributed by atoms with van der Waals surface area (Å²) in [5.74, 6) is 0. The van der Waals surface area contributed by atoms with Crippen molar-refractivity contribution in [3.8, 4) is 0 Å². The van der Waals surface area contributed by atoms with Crippen LogP contribution in [-0.2, 0) is 337 Å². The summed E-state index contributed by atoms with van der Waals surface area (Å²) in [6.07, 6.45) is 0. The molecule has 0 aliphatic rings. The SMILES string of the molecule is [Pt].[Pt].[Pt].[Pt].[Pt].[Pt].[Pt].[Pt].[Pt].[Pt].[Pt].[Pt].[Pt].[Pt].[Pt].[Pt]. The van der Waals surface area contributed by atoms with Crippen molar-refractivity contribution in [1.29, 1.82) is 0 Å². The van der Waals surface area contributed by atoms with Crippen molar-refractivity contribution in [3.05, 3.63) is 0 Å². The smallest absolute Gasteiger partial charge is 0 e. The van der Waals surface area contributed by atoms with E-state index >= 15 is 0 Å². The van der Waals surface area contributed by atoms with Gasteiger partial charge in [0.15, 0.2) is 0 Å². The molecule has 160 valence electrons. The van der Waals surface area contributed by atoms with E-state index in [1.807, 2.05) is 0 Å². The van der Waals surface area contributed by atoms with Crippen molar-refractivity contribution in [3.63, 3.8) is 0 Å². The van der Waals surface area contributed by atoms with Gasteiger partial charge in [0.1, 0.15) is 0 Å². The summed E-state index contributed by atoms with van der Waals surface area (Å²) in [4.78, 5) is 0. The molecule has 0 aromatic rings. The Morgan fingerprint density at radius 1 is 0.0625 bits per heavy atom. The first-order valence-electron chi connectivity index (χ1n) is 0. The van der Waals surface area contributed by atoms with E-state index in [1.54, 1.807) is 0 Å². The molecule has 16 heteroatoms. The molecule has 0 aromatic heterocycles. The third kappa shape index (κ3) is 119. The van der Waals surface area contributed by atoms with Crippen LogP contribution >= 0.6 is 0 Å². The van der Waals surface area contributed by atoms with Crippen LogP contribution in [0.25, 0.3) is 0 Å². The molecule has 0 radical (unpaired) electrons. The van der Waals surface area contributed by atoms with Gasteiger partial charge in [0.2, 0.25) is 0 Å². The van der Waals surface area contributed by atoms with E-state index in [1.165, 1.54) is 0 Å². The Labute approximate surface area is 328 Å². The zero-order chi connectivity index (χ0) is 0. The maximum atomic E-state index is 0. The van der Waals surface area contributed by atoms with Gasteiger partial charge >= 0.3 is 0 Å². The van der Waals surface area contributed by atoms with Crippen molar-refractivity contribution in [2.75, 3.05) is 0 Å². The Hall–Kier alpha value is 11.0. The summed E-state index contributed by atoms with van der Waals surface area (Å²) < 4.78 is 0. The second-order valence-corrected chi connectivity index (χ2v) is 0. The Morgan fingerprint density at radius 2 is 0.0625 bits per heavy atom. The maximum Gasteiger partial charge on any atom is 0 e. The van der Waals surface area contributed by atoms with Crippen molar-refractivity contribution in [2.24, 2.45) is 0 Å². The molecule has 0 nitrogen and oxygen atoms in total. The minimum absolute atomic E-state index is 0. The molecule has 0 aliphatic carbocycles. The van der Waals surface area contributed by atoms with Crippen molar-refractivity contribution >= 4 is 0 Å². The normalized spacial score (nSPS) is 0. The Morgan fingerprint density at radius 3 is 0.0625 bits per heavy atom. The van der Waals surface area contributed by atoms with Crippen molar-refractivity contribution < 1.29 is 337 Å². The van der Waals surface area contributed by atoms with Crippen LogP contribution in [0.2, 0.25) is 0 Å². The Bertz CT molecular complexity index is 0. The summed E-state index contributed by atoms with van der Waals surface area (Å²) in [5.41, 5.74) is 0. The average Bonchev–Trinajstić information content (AvgIpc) is 0. The largest absolute Gasteiger partial charge is 0 e. The Kier molecular flexibility index (Phi) is 1260. The first kappa shape index (κ1) is 151. The van der Waals surface area contributed by atoms with Crippen LogP contribution in [-0.4, -0.2) is 0 Å². The van der Waals surface area contributed by atoms with Crippen LogP contribution in [0.5, 0.6) is 0 Å². The fourth-order valence-corrected chi connectivity index (χ4v) is 0. The fourth-order valence-electron chi connectivity index (χ4n) is 0. The van der Waals surface area contributed by atoms with Gasteiger partial charge in [-0.3, -0.25) is 0 Å². The van der Waals surface area contributed by atoms with Crippen molar-refractivity contribution in [1.82, 2.24) is 0 Å². The molecule has 0 N–H and O–H groups in total. The maximum absolute atomic E-state index is 0. The predicted molar refractivity (Wildman–Crippen MR) is 0 cm³/mol. The molecular weight excluding hydrogens is 3120 g/mol. The summed E-state index contributed by atoms with van der Waals surface area (Å²) in [6.45, 7) is 0. The molecule has 0 saturated carbocycles. The molecular formula is Pt16. The molecule has 0 amide bonds. The standard InChI is InChI=1S/16Pt. The van der Waals surface area contributed by atoms with Crippen LogP contribution in [0.3, 0.4) is 0 Å². The molecule has 0 rings (SSSR count). The molecule has 0 unspecified atom stereocenters. The first-order valence-corrected chi connectivity index (χ1v) is 0. The van der Waals surface area contributed by atoms with Crippen molar-refractivity contribution in [2.45, 2.75) is 0 Å². The third-order valence-electron chi connectivity index (χ3n) is 0. The van der Waals surface area contributed by atoms with Gasteiger partial charge < -0.3 is 0 Å². The summed E-state index contributed by atoms with van der Waals surface area (Å²) in [5, 5.41) is 0. The molecule has 0 fully saturated rings. The zero-order valence-corrected chi connectivity index (χ0v) is 41.4. The molecule has 0 atom stereocenters. The molecule has 0 bridgehead atoms. The first-order chi connectivity index (χ1) is 0. The minimum atomic E-state index is 0. The third-order valence-corrected chi connectivity index (χ3v) is 0. The molecule has 0 saturated heterocycles. The van der Waals surface area contributed by atoms with E-state index in [4.69, 9.17) is 0 Å². The van der Waals surface area contributed by atoms with Crippen LogP contribution in [0.4, 0.5) is 0 Å². The zero-order valence-electron chi connectivity index (χ0n) is 5.06. The van der Waals surface area contributed by atoms with Gasteiger partial charge in [0, 0.05) is 337 Å². The fraction of sp³-hybridized carbons (Fsp3) is 0. The summed E-state index contributed by atoms with van der Waals surface area (Å²) in [7, 11) is 0. The molecule has 0 heterocycles. The summed E-state index contributed by atoms with van der Waals surface area (Å²) >= 11 is 0. The Balaban J connectivity index is 0. The second kappa shape index (κ2) is 134. The summed E-state index contributed by atoms with van der Waals surface area (Å²) in [6, 6.07) is 0. The van der Waals surface area contributed by atoms with Gasteiger partial charge in [-0.05, 0) is 0 Å². The van der Waals surface area contributed by atoms with Crippen LogP contribution in [0.1, 0.15) is 0 Å². The molecule has 0 aromatic carbocycles. The van der Waals surface area contributed by atoms with E-state index in [-0.39, 0.29) is 337 Å². The topological polar surface area (TPSA) is 0 Å². The van der Waals surface area contributed by atoms with E-state index in [0.717, 1.165) is 0 Å². The van der Waals surface area contributed by atoms with E-state index < -0.39 is 0 Å².